The molecule has 0 aromatic heterocycles. The molecule has 0 radical (unpaired) electrons. The molecule has 1 aromatic carbocycles. The third-order valence-corrected chi connectivity index (χ3v) is 5.73. The fourth-order valence-corrected chi connectivity index (χ4v) is 4.13. The van der Waals surface area contributed by atoms with Crippen LogP contribution in [-0.2, 0) is 25.7 Å². The van der Waals surface area contributed by atoms with Crippen LogP contribution in [-0.4, -0.2) is 36.1 Å². The fraction of sp³-hybridized carbons (Fsp3) is 0.500. The Hall–Kier alpha value is -0.760. The molecule has 1 atom stereocenters. The van der Waals surface area contributed by atoms with Gasteiger partial charge < -0.3 is 9.29 Å². The van der Waals surface area contributed by atoms with Gasteiger partial charge in [-0.25, -0.2) is 8.42 Å². The Morgan fingerprint density at radius 1 is 1.21 bits per heavy atom. The maximum Gasteiger partial charge on any atom is 0.178 e. The lowest BCUT2D eigenvalue weighted by molar-refractivity contribution is 0.0723. The van der Waals surface area contributed by atoms with E-state index in [2.05, 4.69) is 0 Å². The molecule has 1 fully saturated rings. The quantitative estimate of drug-likeness (QED) is 0.778. The van der Waals surface area contributed by atoms with Crippen LogP contribution in [0.3, 0.4) is 0 Å². The molecule has 106 valence electrons. The molecule has 0 spiro atoms. The molecule has 0 bridgehead atoms. The minimum Gasteiger partial charge on any atom is -0.768 e. The summed E-state index contributed by atoms with van der Waals surface area (Å²) in [7, 11) is -3.36. The Kier molecular flexibility index (Phi) is 4.72. The smallest absolute Gasteiger partial charge is 0.178 e. The molecule has 1 saturated heterocycles. The topological polar surface area (TPSA) is 83.5 Å². The minimum atomic E-state index is -3.36. The van der Waals surface area contributed by atoms with Crippen LogP contribution in [0.1, 0.15) is 12.8 Å². The van der Waals surface area contributed by atoms with Crippen LogP contribution >= 0.6 is 0 Å². The molecule has 1 aliphatic rings. The highest BCUT2D eigenvalue weighted by Crippen LogP contribution is 2.22. The number of hydrogen-bond acceptors (Lipinski definition) is 5. The zero-order valence-electron chi connectivity index (χ0n) is 10.3. The van der Waals surface area contributed by atoms with E-state index in [1.807, 2.05) is 0 Å². The van der Waals surface area contributed by atoms with Gasteiger partial charge in [0.25, 0.3) is 0 Å². The van der Waals surface area contributed by atoms with E-state index in [4.69, 9.17) is 4.74 Å². The van der Waals surface area contributed by atoms with E-state index in [0.717, 1.165) is 12.8 Å². The molecule has 0 amide bonds. The first-order valence-electron chi connectivity index (χ1n) is 5.99. The summed E-state index contributed by atoms with van der Waals surface area (Å²) in [6.07, 6.45) is 1.50. The number of sulfone groups is 1. The van der Waals surface area contributed by atoms with Crippen molar-refractivity contribution in [1.82, 2.24) is 0 Å². The van der Waals surface area contributed by atoms with Gasteiger partial charge in [-0.2, -0.15) is 0 Å². The Balaban J connectivity index is 2.12. The van der Waals surface area contributed by atoms with Crippen LogP contribution in [0.25, 0.3) is 0 Å². The van der Waals surface area contributed by atoms with Gasteiger partial charge in [-0.05, 0) is 54.1 Å². The van der Waals surface area contributed by atoms with Gasteiger partial charge in [-0.3, -0.25) is 4.21 Å². The average molecular weight is 303 g/mol. The zero-order chi connectivity index (χ0) is 13.9. The third kappa shape index (κ3) is 3.85. The van der Waals surface area contributed by atoms with Crippen LogP contribution in [0, 0.1) is 5.92 Å². The van der Waals surface area contributed by atoms with Gasteiger partial charge in [0.1, 0.15) is 0 Å². The molecule has 19 heavy (non-hydrogen) atoms. The summed E-state index contributed by atoms with van der Waals surface area (Å²) in [5.74, 6) is 0.211. The Labute approximate surface area is 115 Å². The summed E-state index contributed by atoms with van der Waals surface area (Å²) in [4.78, 5) is 0.262. The number of ether oxygens (including phenoxy) is 1. The monoisotopic (exact) mass is 303 g/mol. The summed E-state index contributed by atoms with van der Waals surface area (Å²) in [6.45, 7) is 1.21. The third-order valence-electron chi connectivity index (χ3n) is 3.17. The summed E-state index contributed by atoms with van der Waals surface area (Å²) in [6, 6.07) is 5.31. The molecule has 1 unspecified atom stereocenters. The average Bonchev–Trinajstić information content (AvgIpc) is 2.39. The molecule has 1 heterocycles. The predicted octanol–water partition coefficient (Wildman–Crippen LogP) is 1.12. The first kappa shape index (κ1) is 14.6. The molecule has 0 N–H and O–H groups in total. The van der Waals surface area contributed by atoms with Crippen molar-refractivity contribution in [3.8, 4) is 0 Å². The molecule has 2 rings (SSSR count). The summed E-state index contributed by atoms with van der Waals surface area (Å²) >= 11 is -2.33. The van der Waals surface area contributed by atoms with Crippen molar-refractivity contribution in [1.29, 1.82) is 0 Å². The van der Waals surface area contributed by atoms with Crippen LogP contribution < -0.4 is 0 Å². The van der Waals surface area contributed by atoms with E-state index < -0.39 is 20.9 Å². The summed E-state index contributed by atoms with van der Waals surface area (Å²) in [5, 5.41) is 0. The van der Waals surface area contributed by atoms with Crippen molar-refractivity contribution in [3.05, 3.63) is 24.3 Å². The molecule has 7 heteroatoms. The van der Waals surface area contributed by atoms with Gasteiger partial charge in [0.15, 0.2) is 9.84 Å². The highest BCUT2D eigenvalue weighted by molar-refractivity contribution is 7.91. The van der Waals surface area contributed by atoms with E-state index in [1.165, 1.54) is 24.3 Å². The van der Waals surface area contributed by atoms with Crippen molar-refractivity contribution in [2.45, 2.75) is 22.6 Å². The minimum absolute atomic E-state index is 0.0880. The molecule has 1 aromatic rings. The number of benzene rings is 1. The summed E-state index contributed by atoms with van der Waals surface area (Å²) < 4.78 is 51.0. The van der Waals surface area contributed by atoms with Gasteiger partial charge in [0.2, 0.25) is 0 Å². The molecular weight excluding hydrogens is 288 g/mol. The molecule has 1 aliphatic heterocycles. The largest absolute Gasteiger partial charge is 0.768 e. The Bertz CT molecular complexity index is 544. The SMILES string of the molecule is O=S([O-])c1ccc(S(=O)(=O)CC2CCOCC2)cc1. The lowest BCUT2D eigenvalue weighted by Crippen LogP contribution is -2.23. The van der Waals surface area contributed by atoms with Crippen LogP contribution in [0.2, 0.25) is 0 Å². The van der Waals surface area contributed by atoms with E-state index in [9.17, 15) is 17.2 Å². The lowest BCUT2D eigenvalue weighted by Gasteiger charge is -2.21. The normalized spacial score (nSPS) is 19.2. The van der Waals surface area contributed by atoms with Crippen molar-refractivity contribution < 1.29 is 21.9 Å². The van der Waals surface area contributed by atoms with Crippen LogP contribution in [0.4, 0.5) is 0 Å². The van der Waals surface area contributed by atoms with E-state index in [0.29, 0.717) is 13.2 Å². The van der Waals surface area contributed by atoms with Gasteiger partial charge in [0.05, 0.1) is 10.6 Å². The fourth-order valence-electron chi connectivity index (χ4n) is 2.08. The molecule has 0 saturated carbocycles. The zero-order valence-corrected chi connectivity index (χ0v) is 11.9. The Morgan fingerprint density at radius 3 is 2.32 bits per heavy atom. The molecule has 0 aliphatic carbocycles. The highest BCUT2D eigenvalue weighted by atomic mass is 32.2. The standard InChI is InChI=1S/C12H16O5S2/c13-18(14)11-1-3-12(4-2-11)19(15,16)9-10-5-7-17-8-6-10/h1-4,10H,5-9H2,(H,13,14)/p-1. The summed E-state index contributed by atoms with van der Waals surface area (Å²) in [5.41, 5.74) is 0. The number of hydrogen-bond donors (Lipinski definition) is 0. The predicted molar refractivity (Wildman–Crippen MR) is 69.2 cm³/mol. The van der Waals surface area contributed by atoms with E-state index in [1.54, 1.807) is 0 Å². The van der Waals surface area contributed by atoms with Gasteiger partial charge >= 0.3 is 0 Å². The second kappa shape index (κ2) is 6.13. The van der Waals surface area contributed by atoms with Gasteiger partial charge in [-0.15, -0.1) is 0 Å². The maximum atomic E-state index is 12.2. The molecule has 5 nitrogen and oxygen atoms in total. The maximum absolute atomic E-state index is 12.2. The van der Waals surface area contributed by atoms with E-state index >= 15 is 0 Å². The van der Waals surface area contributed by atoms with E-state index in [-0.39, 0.29) is 21.5 Å². The van der Waals surface area contributed by atoms with Crippen molar-refractivity contribution in [2.75, 3.05) is 19.0 Å². The second-order valence-electron chi connectivity index (χ2n) is 4.54. The van der Waals surface area contributed by atoms with Crippen molar-refractivity contribution in [2.24, 2.45) is 5.92 Å². The molecular formula is C12H15O5S2-. The number of rotatable bonds is 4. The lowest BCUT2D eigenvalue weighted by atomic mass is 10.0. The first-order chi connectivity index (χ1) is 8.99. The van der Waals surface area contributed by atoms with Crippen molar-refractivity contribution in [3.63, 3.8) is 0 Å². The van der Waals surface area contributed by atoms with Crippen molar-refractivity contribution >= 4 is 20.9 Å². The van der Waals surface area contributed by atoms with Crippen LogP contribution in [0.5, 0.6) is 0 Å². The van der Waals surface area contributed by atoms with Gasteiger partial charge in [-0.1, -0.05) is 0 Å². The van der Waals surface area contributed by atoms with Gasteiger partial charge in [0, 0.05) is 18.1 Å². The highest BCUT2D eigenvalue weighted by Gasteiger charge is 2.23. The Morgan fingerprint density at radius 2 is 1.79 bits per heavy atom. The first-order valence-corrected chi connectivity index (χ1v) is 8.71. The second-order valence-corrected chi connectivity index (χ2v) is 7.52. The van der Waals surface area contributed by atoms with Crippen LogP contribution in [0.15, 0.2) is 34.1 Å².